The molecule has 0 fully saturated rings. The minimum Gasteiger partial charge on any atom is -0.355 e. The highest BCUT2D eigenvalue weighted by molar-refractivity contribution is 5.73. The van der Waals surface area contributed by atoms with Crippen LogP contribution in [0.4, 0.5) is 28.4 Å². The van der Waals surface area contributed by atoms with Gasteiger partial charge in [-0.1, -0.05) is 36.4 Å². The highest BCUT2D eigenvalue weighted by Gasteiger charge is 2.03. The summed E-state index contributed by atoms with van der Waals surface area (Å²) in [6.45, 7) is 0.514. The van der Waals surface area contributed by atoms with E-state index in [-0.39, 0.29) is 0 Å². The molecule has 0 radical (unpaired) electrons. The normalized spacial score (nSPS) is 10.8. The van der Waals surface area contributed by atoms with Crippen LogP contribution < -0.4 is 10.6 Å². The van der Waals surface area contributed by atoms with E-state index >= 15 is 0 Å². The minimum atomic E-state index is 0.514. The molecule has 1 aromatic heterocycles. The number of hydrogen-bond donors (Lipinski definition) is 2. The third-order valence-electron chi connectivity index (χ3n) is 4.23. The van der Waals surface area contributed by atoms with Crippen molar-refractivity contribution in [3.8, 4) is 0 Å². The molecule has 4 aromatic rings. The van der Waals surface area contributed by atoms with Crippen molar-refractivity contribution in [1.29, 1.82) is 0 Å². The second-order valence-corrected chi connectivity index (χ2v) is 6.51. The standard InChI is InChI=1S/C24H21N5/c1-3-7-20(8-4-1)27-22-15-23(28-21-9-5-2-6-10-21)17-24(16-22)29-26-18-19-11-13-25-14-12-19/h1-17,27-28H,18H2. The number of benzene rings is 3. The highest BCUT2D eigenvalue weighted by Crippen LogP contribution is 2.29. The lowest BCUT2D eigenvalue weighted by Gasteiger charge is -2.12. The lowest BCUT2D eigenvalue weighted by atomic mass is 10.2. The maximum Gasteiger partial charge on any atom is 0.0894 e. The average Bonchev–Trinajstić information content (AvgIpc) is 2.76. The van der Waals surface area contributed by atoms with E-state index in [1.54, 1.807) is 12.4 Å². The van der Waals surface area contributed by atoms with Gasteiger partial charge in [-0.15, -0.1) is 0 Å². The molecule has 3 aromatic carbocycles. The molecule has 1 heterocycles. The van der Waals surface area contributed by atoms with Gasteiger partial charge in [0.25, 0.3) is 0 Å². The lowest BCUT2D eigenvalue weighted by molar-refractivity contribution is 0.955. The van der Waals surface area contributed by atoms with Crippen molar-refractivity contribution in [3.05, 3.63) is 109 Å². The first-order valence-corrected chi connectivity index (χ1v) is 9.41. The fraction of sp³-hybridized carbons (Fsp3) is 0.0417. The molecule has 0 saturated carbocycles. The second kappa shape index (κ2) is 9.28. The van der Waals surface area contributed by atoms with E-state index in [1.807, 2.05) is 84.9 Å². The fourth-order valence-electron chi connectivity index (χ4n) is 2.88. The van der Waals surface area contributed by atoms with Gasteiger partial charge in [0, 0.05) is 35.1 Å². The third kappa shape index (κ3) is 5.49. The summed E-state index contributed by atoms with van der Waals surface area (Å²) in [6, 6.07) is 30.0. The Morgan fingerprint density at radius 1 is 0.621 bits per heavy atom. The van der Waals surface area contributed by atoms with Crippen LogP contribution in [0.2, 0.25) is 0 Å². The van der Waals surface area contributed by atoms with Gasteiger partial charge in [-0.05, 0) is 60.2 Å². The summed E-state index contributed by atoms with van der Waals surface area (Å²) in [4.78, 5) is 4.03. The maximum atomic E-state index is 4.43. The maximum absolute atomic E-state index is 4.43. The molecule has 0 aliphatic heterocycles. The molecule has 0 aliphatic rings. The molecule has 2 N–H and O–H groups in total. The topological polar surface area (TPSA) is 61.7 Å². The molecule has 0 saturated heterocycles. The monoisotopic (exact) mass is 379 g/mol. The molecular formula is C24H21N5. The molecule has 0 bridgehead atoms. The number of nitrogens with one attached hydrogen (secondary N) is 2. The van der Waals surface area contributed by atoms with Crippen molar-refractivity contribution < 1.29 is 0 Å². The summed E-state index contributed by atoms with van der Waals surface area (Å²) in [6.07, 6.45) is 3.52. The van der Waals surface area contributed by atoms with Crippen LogP contribution in [0.1, 0.15) is 5.56 Å². The number of nitrogens with zero attached hydrogens (tertiary/aromatic N) is 3. The summed E-state index contributed by atoms with van der Waals surface area (Å²) < 4.78 is 0. The molecule has 5 nitrogen and oxygen atoms in total. The lowest BCUT2D eigenvalue weighted by Crippen LogP contribution is -1.94. The number of hydrogen-bond acceptors (Lipinski definition) is 5. The van der Waals surface area contributed by atoms with Crippen LogP contribution in [-0.2, 0) is 6.54 Å². The minimum absolute atomic E-state index is 0.514. The summed E-state index contributed by atoms with van der Waals surface area (Å²) in [5, 5.41) is 15.6. The van der Waals surface area contributed by atoms with Crippen LogP contribution in [0.25, 0.3) is 0 Å². The molecule has 5 heteroatoms. The smallest absolute Gasteiger partial charge is 0.0894 e. The Kier molecular flexibility index (Phi) is 5.88. The van der Waals surface area contributed by atoms with Crippen molar-refractivity contribution >= 4 is 28.4 Å². The quantitative estimate of drug-likeness (QED) is 0.345. The average molecular weight is 379 g/mol. The van der Waals surface area contributed by atoms with Gasteiger partial charge in [0.05, 0.1) is 12.2 Å². The van der Waals surface area contributed by atoms with E-state index in [0.717, 1.165) is 34.0 Å². The zero-order chi connectivity index (χ0) is 19.7. The van der Waals surface area contributed by atoms with Gasteiger partial charge < -0.3 is 10.6 Å². The summed E-state index contributed by atoms with van der Waals surface area (Å²) in [7, 11) is 0. The Bertz CT molecular complexity index is 1000. The Morgan fingerprint density at radius 3 is 1.72 bits per heavy atom. The molecule has 0 amide bonds. The third-order valence-corrected chi connectivity index (χ3v) is 4.23. The number of pyridine rings is 1. The SMILES string of the molecule is c1ccc(Nc2cc(N=NCc3ccncc3)cc(Nc3ccccc3)c2)cc1. The Hall–Kier alpha value is -3.99. The molecule has 0 aliphatic carbocycles. The van der Waals surface area contributed by atoms with Gasteiger partial charge >= 0.3 is 0 Å². The fourth-order valence-corrected chi connectivity index (χ4v) is 2.88. The number of para-hydroxylation sites is 2. The van der Waals surface area contributed by atoms with Crippen molar-refractivity contribution in [2.45, 2.75) is 6.54 Å². The first kappa shape index (κ1) is 18.4. The Morgan fingerprint density at radius 2 is 1.17 bits per heavy atom. The summed E-state index contributed by atoms with van der Waals surface area (Å²) in [5.74, 6) is 0. The largest absolute Gasteiger partial charge is 0.355 e. The van der Waals surface area contributed by atoms with Crippen LogP contribution in [0.15, 0.2) is 114 Å². The van der Waals surface area contributed by atoms with E-state index in [2.05, 4.69) is 31.9 Å². The Balaban J connectivity index is 1.58. The highest BCUT2D eigenvalue weighted by atomic mass is 15.1. The van der Waals surface area contributed by atoms with Gasteiger partial charge in [0.2, 0.25) is 0 Å². The first-order valence-electron chi connectivity index (χ1n) is 9.41. The summed E-state index contributed by atoms with van der Waals surface area (Å²) in [5.41, 5.74) is 5.77. The van der Waals surface area contributed by atoms with Crippen molar-refractivity contribution in [3.63, 3.8) is 0 Å². The summed E-state index contributed by atoms with van der Waals surface area (Å²) >= 11 is 0. The Labute approximate surface area is 170 Å². The zero-order valence-corrected chi connectivity index (χ0v) is 15.9. The van der Waals surface area contributed by atoms with Crippen LogP contribution in [0.3, 0.4) is 0 Å². The van der Waals surface area contributed by atoms with E-state index < -0.39 is 0 Å². The van der Waals surface area contributed by atoms with Gasteiger partial charge in [-0.3, -0.25) is 4.98 Å². The molecule has 4 rings (SSSR count). The number of aromatic nitrogens is 1. The van der Waals surface area contributed by atoms with Gasteiger partial charge in [0.15, 0.2) is 0 Å². The van der Waals surface area contributed by atoms with Crippen molar-refractivity contribution in [2.24, 2.45) is 10.2 Å². The van der Waals surface area contributed by atoms with Crippen molar-refractivity contribution in [1.82, 2.24) is 4.98 Å². The van der Waals surface area contributed by atoms with Crippen LogP contribution >= 0.6 is 0 Å². The zero-order valence-electron chi connectivity index (χ0n) is 15.9. The number of anilines is 4. The van der Waals surface area contributed by atoms with Crippen LogP contribution in [0, 0.1) is 0 Å². The molecule has 0 unspecified atom stereocenters. The van der Waals surface area contributed by atoms with E-state index in [0.29, 0.717) is 6.54 Å². The molecular weight excluding hydrogens is 358 g/mol. The number of azo groups is 1. The van der Waals surface area contributed by atoms with E-state index in [9.17, 15) is 0 Å². The van der Waals surface area contributed by atoms with E-state index in [4.69, 9.17) is 0 Å². The molecule has 142 valence electrons. The van der Waals surface area contributed by atoms with Gasteiger partial charge in [-0.2, -0.15) is 10.2 Å². The molecule has 29 heavy (non-hydrogen) atoms. The first-order chi connectivity index (χ1) is 14.3. The van der Waals surface area contributed by atoms with Gasteiger partial charge in [0.1, 0.15) is 0 Å². The molecule has 0 atom stereocenters. The molecule has 0 spiro atoms. The van der Waals surface area contributed by atoms with Gasteiger partial charge in [-0.25, -0.2) is 0 Å². The van der Waals surface area contributed by atoms with Crippen LogP contribution in [0.5, 0.6) is 0 Å². The van der Waals surface area contributed by atoms with Crippen LogP contribution in [-0.4, -0.2) is 4.98 Å². The van der Waals surface area contributed by atoms with E-state index in [1.165, 1.54) is 0 Å². The predicted octanol–water partition coefficient (Wildman–Crippen LogP) is 6.85. The van der Waals surface area contributed by atoms with Crippen molar-refractivity contribution in [2.75, 3.05) is 10.6 Å². The number of rotatable bonds is 7. The predicted molar refractivity (Wildman–Crippen MR) is 118 cm³/mol. The second-order valence-electron chi connectivity index (χ2n) is 6.51.